The summed E-state index contributed by atoms with van der Waals surface area (Å²) in [6.07, 6.45) is 13.9. The van der Waals surface area contributed by atoms with Crippen LogP contribution in [0.25, 0.3) is 0 Å². The van der Waals surface area contributed by atoms with E-state index in [0.29, 0.717) is 11.3 Å². The minimum Gasteiger partial charge on any atom is -0.0622 e. The van der Waals surface area contributed by atoms with Gasteiger partial charge >= 0.3 is 0 Å². The number of hydrogen-bond donors (Lipinski definition) is 0. The van der Waals surface area contributed by atoms with Crippen molar-refractivity contribution in [2.24, 2.45) is 0 Å². The van der Waals surface area contributed by atoms with Crippen molar-refractivity contribution in [3.63, 3.8) is 0 Å². The molecule has 2 atom stereocenters. The fraction of sp³-hybridized carbons (Fsp3) is 0.105. The molecule has 0 radical (unpaired) electrons. The summed E-state index contributed by atoms with van der Waals surface area (Å²) in [5.74, 6) is 0. The molecule has 0 aromatic heterocycles. The van der Waals surface area contributed by atoms with Crippen LogP contribution in [0.5, 0.6) is 0 Å². The van der Waals surface area contributed by atoms with Crippen LogP contribution in [0.1, 0.15) is 13.8 Å². The fourth-order valence-corrected chi connectivity index (χ4v) is 11.3. The molecule has 0 heterocycles. The largest absolute Gasteiger partial charge is 0.0622 e. The van der Waals surface area contributed by atoms with Crippen molar-refractivity contribution >= 4 is 37.1 Å². The number of benzene rings is 4. The van der Waals surface area contributed by atoms with Gasteiger partial charge in [-0.15, -0.1) is 0 Å². The van der Waals surface area contributed by atoms with E-state index in [1.165, 1.54) is 43.5 Å². The van der Waals surface area contributed by atoms with Crippen LogP contribution in [-0.4, -0.2) is 11.3 Å². The van der Waals surface area contributed by atoms with Crippen molar-refractivity contribution in [2.45, 2.75) is 25.2 Å². The van der Waals surface area contributed by atoms with Gasteiger partial charge in [-0.05, 0) is 59.4 Å². The lowest BCUT2D eigenvalue weighted by Crippen LogP contribution is -2.23. The maximum Gasteiger partial charge on any atom is 0.00998 e. The Kier molecular flexibility index (Phi) is 8.20. The predicted octanol–water partition coefficient (Wildman–Crippen LogP) is 8.32. The van der Waals surface area contributed by atoms with Crippen molar-refractivity contribution < 1.29 is 0 Å². The number of allylic oxidation sites excluding steroid dienone is 10. The van der Waals surface area contributed by atoms with Gasteiger partial charge in [-0.1, -0.05) is 172 Å². The van der Waals surface area contributed by atoms with Crippen LogP contribution < -0.4 is 21.2 Å². The van der Waals surface area contributed by atoms with E-state index < -0.39 is 15.8 Å². The summed E-state index contributed by atoms with van der Waals surface area (Å²) in [7, 11) is -1.12. The summed E-state index contributed by atoms with van der Waals surface area (Å²) in [4.78, 5) is 0. The maximum atomic E-state index is 2.43. The highest BCUT2D eigenvalue weighted by atomic mass is 31.1. The lowest BCUT2D eigenvalue weighted by Gasteiger charge is -2.30. The van der Waals surface area contributed by atoms with Gasteiger partial charge in [-0.3, -0.25) is 0 Å². The Bertz CT molecular complexity index is 1390. The summed E-state index contributed by atoms with van der Waals surface area (Å²) in [6.45, 7) is 4.86. The summed E-state index contributed by atoms with van der Waals surface area (Å²) in [5.41, 5.74) is 6.43. The van der Waals surface area contributed by atoms with Crippen LogP contribution in [0, 0.1) is 0 Å². The van der Waals surface area contributed by atoms with Crippen LogP contribution in [0.3, 0.4) is 0 Å². The van der Waals surface area contributed by atoms with Gasteiger partial charge in [0.2, 0.25) is 0 Å². The Balaban J connectivity index is 1.39. The van der Waals surface area contributed by atoms with E-state index in [-0.39, 0.29) is 0 Å². The quantitative estimate of drug-likeness (QED) is 0.193. The van der Waals surface area contributed by atoms with Gasteiger partial charge in [-0.25, -0.2) is 0 Å². The van der Waals surface area contributed by atoms with Crippen molar-refractivity contribution in [1.82, 2.24) is 0 Å². The third kappa shape index (κ3) is 5.40. The second-order valence-electron chi connectivity index (χ2n) is 10.2. The molecule has 0 fully saturated rings. The Morgan fingerprint density at radius 2 is 0.675 bits per heavy atom. The first kappa shape index (κ1) is 26.7. The Morgan fingerprint density at radius 3 is 0.950 bits per heavy atom. The second-order valence-corrected chi connectivity index (χ2v) is 15.3. The zero-order valence-electron chi connectivity index (χ0n) is 23.1. The SMILES string of the molecule is C[C@@H](C1=CC=C/C1=C1/C=CC=C1[C@H](C)P(c1ccccc1)c1ccccc1)P(c1ccccc1)c1ccccc1. The molecule has 2 aliphatic carbocycles. The summed E-state index contributed by atoms with van der Waals surface area (Å²) < 4.78 is 0. The first-order chi connectivity index (χ1) is 19.7. The topological polar surface area (TPSA) is 0 Å². The molecule has 0 saturated carbocycles. The molecule has 0 unspecified atom stereocenters. The van der Waals surface area contributed by atoms with Gasteiger partial charge in [0.25, 0.3) is 0 Å². The van der Waals surface area contributed by atoms with E-state index in [1.807, 2.05) is 0 Å². The van der Waals surface area contributed by atoms with E-state index in [4.69, 9.17) is 0 Å². The standard InChI is InChI=1S/C38H34P2/c1-29(39(31-17-7-3-8-18-31)32-19-9-4-10-20-32)35-25-15-27-37(35)38-28-16-26-36(38)30(2)40(33-21-11-5-12-22-33)34-23-13-6-14-24-34/h3-30H,1-2H3/b38-37+/t29-,30-/m0/s1. The number of hydrogen-bond acceptors (Lipinski definition) is 0. The van der Waals surface area contributed by atoms with E-state index in [9.17, 15) is 0 Å². The molecule has 0 amide bonds. The lowest BCUT2D eigenvalue weighted by molar-refractivity contribution is 1.11. The zero-order chi connectivity index (χ0) is 27.3. The zero-order valence-corrected chi connectivity index (χ0v) is 24.8. The van der Waals surface area contributed by atoms with E-state index in [0.717, 1.165) is 0 Å². The summed E-state index contributed by atoms with van der Waals surface area (Å²) in [5, 5.41) is 5.71. The third-order valence-corrected chi connectivity index (χ3v) is 13.3. The highest BCUT2D eigenvalue weighted by molar-refractivity contribution is 7.74. The van der Waals surface area contributed by atoms with Crippen LogP contribution in [0.4, 0.5) is 0 Å². The molecule has 2 heteroatoms. The molecule has 40 heavy (non-hydrogen) atoms. The fourth-order valence-electron chi connectivity index (χ4n) is 5.91. The Hall–Kier alpha value is -3.56. The average Bonchev–Trinajstić information content (AvgIpc) is 3.70. The molecular weight excluding hydrogens is 518 g/mol. The molecule has 0 spiro atoms. The minimum absolute atomic E-state index is 0.382. The van der Waals surface area contributed by atoms with Gasteiger partial charge in [0.05, 0.1) is 0 Å². The molecule has 0 aliphatic heterocycles. The molecule has 4 aromatic carbocycles. The van der Waals surface area contributed by atoms with Gasteiger partial charge < -0.3 is 0 Å². The molecule has 6 rings (SSSR count). The molecule has 4 aromatic rings. The van der Waals surface area contributed by atoms with Crippen molar-refractivity contribution in [2.75, 3.05) is 0 Å². The van der Waals surface area contributed by atoms with E-state index in [2.05, 4.69) is 172 Å². The average molecular weight is 553 g/mol. The molecule has 0 N–H and O–H groups in total. The number of rotatable bonds is 8. The van der Waals surface area contributed by atoms with E-state index >= 15 is 0 Å². The summed E-state index contributed by atoms with van der Waals surface area (Å²) >= 11 is 0. The predicted molar refractivity (Wildman–Crippen MR) is 179 cm³/mol. The van der Waals surface area contributed by atoms with E-state index in [1.54, 1.807) is 0 Å². The first-order valence-corrected chi connectivity index (χ1v) is 16.8. The Labute approximate surface area is 241 Å². The second kappa shape index (κ2) is 12.3. The van der Waals surface area contributed by atoms with Crippen LogP contribution in [-0.2, 0) is 0 Å². The van der Waals surface area contributed by atoms with Gasteiger partial charge in [0, 0.05) is 11.3 Å². The molecule has 0 nitrogen and oxygen atoms in total. The van der Waals surface area contributed by atoms with Gasteiger partial charge in [0.15, 0.2) is 0 Å². The van der Waals surface area contributed by atoms with Gasteiger partial charge in [0.1, 0.15) is 0 Å². The highest BCUT2D eigenvalue weighted by Gasteiger charge is 2.31. The van der Waals surface area contributed by atoms with Gasteiger partial charge in [-0.2, -0.15) is 0 Å². The van der Waals surface area contributed by atoms with Crippen molar-refractivity contribution in [3.8, 4) is 0 Å². The van der Waals surface area contributed by atoms with Crippen LogP contribution >= 0.6 is 15.8 Å². The lowest BCUT2D eigenvalue weighted by atomic mass is 9.95. The molecule has 0 saturated heterocycles. The van der Waals surface area contributed by atoms with Crippen LogP contribution in [0.2, 0.25) is 0 Å². The van der Waals surface area contributed by atoms with Crippen molar-refractivity contribution in [1.29, 1.82) is 0 Å². The molecular formula is C38H34P2. The molecule has 196 valence electrons. The Morgan fingerprint density at radius 1 is 0.400 bits per heavy atom. The van der Waals surface area contributed by atoms with Crippen molar-refractivity contribution in [3.05, 3.63) is 180 Å². The summed E-state index contributed by atoms with van der Waals surface area (Å²) in [6, 6.07) is 44.4. The monoisotopic (exact) mass is 552 g/mol. The molecule has 0 bridgehead atoms. The minimum atomic E-state index is -0.560. The maximum absolute atomic E-state index is 2.43. The third-order valence-electron chi connectivity index (χ3n) is 7.80. The first-order valence-electron chi connectivity index (χ1n) is 14.0. The smallest absolute Gasteiger partial charge is 0.00998 e. The normalized spacial score (nSPS) is 17.8. The molecule has 2 aliphatic rings. The van der Waals surface area contributed by atoms with Crippen LogP contribution in [0.15, 0.2) is 180 Å². The highest BCUT2D eigenvalue weighted by Crippen LogP contribution is 2.50.